The lowest BCUT2D eigenvalue weighted by molar-refractivity contribution is -1.05. The second kappa shape index (κ2) is 16.7. The second-order valence-electron chi connectivity index (χ2n) is 7.43. The molecule has 3 heteroatoms. The van der Waals surface area contributed by atoms with Crippen molar-refractivity contribution < 1.29 is 10.0 Å². The summed E-state index contributed by atoms with van der Waals surface area (Å²) in [6, 6.07) is 0. The Labute approximate surface area is 145 Å². The van der Waals surface area contributed by atoms with E-state index in [-0.39, 0.29) is 0 Å². The summed E-state index contributed by atoms with van der Waals surface area (Å²) in [6.07, 6.45) is 22.7. The zero-order chi connectivity index (χ0) is 17.2. The van der Waals surface area contributed by atoms with E-state index in [0.29, 0.717) is 6.54 Å². The van der Waals surface area contributed by atoms with Gasteiger partial charge in [0.2, 0.25) is 0 Å². The highest BCUT2D eigenvalue weighted by molar-refractivity contribution is 4.50. The number of hydrogen-bond donors (Lipinski definition) is 1. The lowest BCUT2D eigenvalue weighted by atomic mass is 10.0. The highest BCUT2D eigenvalue weighted by Crippen LogP contribution is 2.14. The fourth-order valence-corrected chi connectivity index (χ4v) is 3.13. The first-order valence-corrected chi connectivity index (χ1v) is 10.4. The molecule has 0 rings (SSSR count). The van der Waals surface area contributed by atoms with Gasteiger partial charge in [-0.2, -0.15) is 0 Å². The highest BCUT2D eigenvalue weighted by atomic mass is 16.8. The summed E-state index contributed by atoms with van der Waals surface area (Å²) in [6.45, 7) is 2.61. The van der Waals surface area contributed by atoms with Crippen molar-refractivity contribution in [1.82, 2.24) is 0 Å². The van der Waals surface area contributed by atoms with Gasteiger partial charge in [-0.1, -0.05) is 103 Å². The van der Waals surface area contributed by atoms with Crippen molar-refractivity contribution in [3.63, 3.8) is 0 Å². The molecule has 0 aromatic heterocycles. The molecule has 0 aliphatic rings. The van der Waals surface area contributed by atoms with Crippen LogP contribution in [0.2, 0.25) is 0 Å². The van der Waals surface area contributed by atoms with E-state index in [9.17, 15) is 5.21 Å². The Hall–Kier alpha value is -0.120. The number of hydrogen-bond acceptors (Lipinski definition) is 2. The molecule has 0 aliphatic heterocycles. The SMILES string of the molecule is CCCCCCCCCCCCCCCCCCC[N+](C)([O-])O. The molecule has 0 aromatic carbocycles. The summed E-state index contributed by atoms with van der Waals surface area (Å²) in [5, 5.41) is 20.0. The standard InChI is InChI=1S/C20H43NO2/c1-3-4-5-6-7-8-9-10-11-12-13-14-15-16-17-18-19-20-21(2,22)23/h22H,3-20H2,1-2H3. The average molecular weight is 330 g/mol. The molecule has 0 fully saturated rings. The van der Waals surface area contributed by atoms with E-state index in [1.807, 2.05) is 0 Å². The Morgan fingerprint density at radius 1 is 0.565 bits per heavy atom. The van der Waals surface area contributed by atoms with Crippen LogP contribution >= 0.6 is 0 Å². The Morgan fingerprint density at radius 3 is 1.09 bits per heavy atom. The van der Waals surface area contributed by atoms with Crippen LogP contribution in [-0.4, -0.2) is 23.6 Å². The fourth-order valence-electron chi connectivity index (χ4n) is 3.13. The van der Waals surface area contributed by atoms with E-state index < -0.39 is 4.81 Å². The van der Waals surface area contributed by atoms with Gasteiger partial charge in [0.15, 0.2) is 0 Å². The van der Waals surface area contributed by atoms with Crippen molar-refractivity contribution in [2.24, 2.45) is 0 Å². The van der Waals surface area contributed by atoms with Crippen molar-refractivity contribution in [1.29, 1.82) is 0 Å². The first kappa shape index (κ1) is 22.9. The van der Waals surface area contributed by atoms with Gasteiger partial charge in [0.25, 0.3) is 0 Å². The molecule has 1 N–H and O–H groups in total. The fraction of sp³-hybridized carbons (Fsp3) is 1.00. The maximum atomic E-state index is 11.0. The van der Waals surface area contributed by atoms with Gasteiger partial charge in [-0.15, -0.1) is 0 Å². The molecule has 3 nitrogen and oxygen atoms in total. The molecule has 23 heavy (non-hydrogen) atoms. The molecular formula is C20H43NO2. The van der Waals surface area contributed by atoms with Gasteiger partial charge >= 0.3 is 0 Å². The lowest BCUT2D eigenvalue weighted by Crippen LogP contribution is -2.33. The minimum atomic E-state index is -1.13. The molecule has 0 aromatic rings. The van der Waals surface area contributed by atoms with E-state index >= 15 is 0 Å². The monoisotopic (exact) mass is 329 g/mol. The van der Waals surface area contributed by atoms with Crippen LogP contribution in [0.5, 0.6) is 0 Å². The number of quaternary nitrogens is 1. The predicted octanol–water partition coefficient (Wildman–Crippen LogP) is 6.97. The topological polar surface area (TPSA) is 43.3 Å². The van der Waals surface area contributed by atoms with Gasteiger partial charge in [0, 0.05) is 0 Å². The zero-order valence-electron chi connectivity index (χ0n) is 16.0. The highest BCUT2D eigenvalue weighted by Gasteiger charge is 2.03. The predicted molar refractivity (Wildman–Crippen MR) is 100 cm³/mol. The maximum Gasteiger partial charge on any atom is 0.108 e. The quantitative estimate of drug-likeness (QED) is 0.167. The van der Waals surface area contributed by atoms with E-state index in [1.54, 1.807) is 0 Å². The van der Waals surface area contributed by atoms with Gasteiger partial charge in [0.05, 0.1) is 7.05 Å². The van der Waals surface area contributed by atoms with Crippen LogP contribution in [0.4, 0.5) is 0 Å². The van der Waals surface area contributed by atoms with Crippen LogP contribution in [0.3, 0.4) is 0 Å². The summed E-state index contributed by atoms with van der Waals surface area (Å²) in [4.78, 5) is -1.13. The Bertz CT molecular complexity index is 226. The van der Waals surface area contributed by atoms with Crippen molar-refractivity contribution >= 4 is 0 Å². The zero-order valence-corrected chi connectivity index (χ0v) is 16.0. The molecule has 0 amide bonds. The normalized spacial score (nSPS) is 14.1. The van der Waals surface area contributed by atoms with Gasteiger partial charge in [-0.05, 0) is 12.8 Å². The minimum Gasteiger partial charge on any atom is -0.599 e. The summed E-state index contributed by atoms with van der Waals surface area (Å²) in [5.74, 6) is 0. The van der Waals surface area contributed by atoms with E-state index in [4.69, 9.17) is 5.21 Å². The molecule has 1 unspecified atom stereocenters. The second-order valence-corrected chi connectivity index (χ2v) is 7.43. The molecule has 0 heterocycles. The molecule has 0 bridgehead atoms. The van der Waals surface area contributed by atoms with Crippen molar-refractivity contribution in [2.45, 2.75) is 116 Å². The van der Waals surface area contributed by atoms with Crippen LogP contribution in [0, 0.1) is 5.21 Å². The third-order valence-electron chi connectivity index (χ3n) is 4.68. The van der Waals surface area contributed by atoms with E-state index in [1.165, 1.54) is 103 Å². The molecule has 0 radical (unpaired) electrons. The number of hydroxylamine groups is 4. The van der Waals surface area contributed by atoms with Crippen molar-refractivity contribution in [3.05, 3.63) is 5.21 Å². The van der Waals surface area contributed by atoms with Gasteiger partial charge in [-0.25, -0.2) is 10.0 Å². The van der Waals surface area contributed by atoms with Gasteiger partial charge in [-0.3, -0.25) is 0 Å². The van der Waals surface area contributed by atoms with E-state index in [2.05, 4.69) is 6.92 Å². The third kappa shape index (κ3) is 21.9. The smallest absolute Gasteiger partial charge is 0.108 e. The molecule has 0 saturated heterocycles. The van der Waals surface area contributed by atoms with E-state index in [0.717, 1.165) is 12.8 Å². The first-order chi connectivity index (χ1) is 11.1. The summed E-state index contributed by atoms with van der Waals surface area (Å²) < 4.78 is 0. The van der Waals surface area contributed by atoms with Crippen LogP contribution < -0.4 is 0 Å². The first-order valence-electron chi connectivity index (χ1n) is 10.4. The van der Waals surface area contributed by atoms with Crippen LogP contribution in [0.1, 0.15) is 116 Å². The minimum absolute atomic E-state index is 0.332. The molecule has 0 saturated carbocycles. The summed E-state index contributed by atoms with van der Waals surface area (Å²) in [7, 11) is 1.30. The van der Waals surface area contributed by atoms with Gasteiger partial charge < -0.3 is 5.21 Å². The molecule has 1 atom stereocenters. The third-order valence-corrected chi connectivity index (χ3v) is 4.68. The van der Waals surface area contributed by atoms with Crippen LogP contribution in [-0.2, 0) is 0 Å². The van der Waals surface area contributed by atoms with Crippen LogP contribution in [0.15, 0.2) is 0 Å². The Morgan fingerprint density at radius 2 is 0.826 bits per heavy atom. The van der Waals surface area contributed by atoms with Crippen molar-refractivity contribution in [3.8, 4) is 0 Å². The van der Waals surface area contributed by atoms with Crippen molar-refractivity contribution in [2.75, 3.05) is 13.6 Å². The number of rotatable bonds is 18. The Balaban J connectivity index is 3.00. The van der Waals surface area contributed by atoms with Gasteiger partial charge in [0.1, 0.15) is 6.54 Å². The van der Waals surface area contributed by atoms with Crippen LogP contribution in [0.25, 0.3) is 0 Å². The largest absolute Gasteiger partial charge is 0.599 e. The molecule has 0 spiro atoms. The molecular weight excluding hydrogens is 286 g/mol. The summed E-state index contributed by atoms with van der Waals surface area (Å²) in [5.41, 5.74) is 0. The maximum absolute atomic E-state index is 11.0. The molecule has 140 valence electrons. The number of unbranched alkanes of at least 4 members (excludes halogenated alkanes) is 16. The number of nitrogens with zero attached hydrogens (tertiary/aromatic N) is 1. The average Bonchev–Trinajstić information content (AvgIpc) is 2.49. The lowest BCUT2D eigenvalue weighted by Gasteiger charge is -2.28. The molecule has 0 aliphatic carbocycles. The Kier molecular flexibility index (Phi) is 16.6. The summed E-state index contributed by atoms with van der Waals surface area (Å²) >= 11 is 0.